The number of nitrogens with zero attached hydrogens (tertiary/aromatic N) is 1. The van der Waals surface area contributed by atoms with Crippen molar-refractivity contribution in [3.8, 4) is 17.2 Å². The highest BCUT2D eigenvalue weighted by atomic mass is 19.4. The molecule has 0 aliphatic rings. The van der Waals surface area contributed by atoms with Gasteiger partial charge >= 0.3 is 12.1 Å². The number of rotatable bonds is 12. The number of carbonyl (C=O) groups excluding carboxylic acids is 1. The van der Waals surface area contributed by atoms with Crippen LogP contribution in [-0.4, -0.2) is 24.0 Å². The lowest BCUT2D eigenvalue weighted by Crippen LogP contribution is -2.31. The molecule has 0 amide bonds. The molecule has 0 bridgehead atoms. The molecule has 1 heterocycles. The van der Waals surface area contributed by atoms with Crippen LogP contribution >= 0.6 is 0 Å². The highest BCUT2D eigenvalue weighted by Crippen LogP contribution is 2.41. The Hall–Kier alpha value is -4.37. The van der Waals surface area contributed by atoms with E-state index in [4.69, 9.17) is 13.9 Å². The maximum atomic E-state index is 14.7. The predicted molar refractivity (Wildman–Crippen MR) is 188 cm³/mol. The Morgan fingerprint density at radius 2 is 1.53 bits per heavy atom. The van der Waals surface area contributed by atoms with Crippen LogP contribution in [0.2, 0.25) is 0 Å². The summed E-state index contributed by atoms with van der Waals surface area (Å²) in [6, 6.07) is 14.0. The van der Waals surface area contributed by atoms with Gasteiger partial charge in [-0.3, -0.25) is 9.69 Å². The number of hydrogen-bond acceptors (Lipinski definition) is 6. The van der Waals surface area contributed by atoms with Gasteiger partial charge in [-0.05, 0) is 90.6 Å². The molecule has 0 N–H and O–H groups in total. The summed E-state index contributed by atoms with van der Waals surface area (Å²) in [4.78, 5) is 29.1. The molecule has 4 aromatic rings. The van der Waals surface area contributed by atoms with Crippen LogP contribution in [0.3, 0.4) is 0 Å². The largest absolute Gasteiger partial charge is 0.453 e. The molecule has 262 valence electrons. The van der Waals surface area contributed by atoms with Gasteiger partial charge in [0.1, 0.15) is 17.1 Å². The van der Waals surface area contributed by atoms with Crippen LogP contribution in [0.15, 0.2) is 63.8 Å². The van der Waals surface area contributed by atoms with Crippen LogP contribution in [0, 0.1) is 32.6 Å². The Balaban J connectivity index is 1.87. The van der Waals surface area contributed by atoms with Gasteiger partial charge in [0.25, 0.3) is 5.76 Å². The SMILES string of the molecule is Cc1cc(C)c(C)c(Oc2c(C(F)(F)F)oc3c(CN(CC(C)C)CC(C)C)c(OC(=O)C=Cc4ccc(C(C)C)cc4)ccc3c2=O)c1. The fraction of sp³-hybridized carbons (Fsp3) is 0.400. The average Bonchev–Trinajstić information content (AvgIpc) is 2.99. The maximum Gasteiger partial charge on any atom is 0.453 e. The Bertz CT molecular complexity index is 1880. The normalized spacial score (nSPS) is 12.3. The molecule has 0 radical (unpaired) electrons. The first-order chi connectivity index (χ1) is 22.9. The van der Waals surface area contributed by atoms with E-state index in [0.717, 1.165) is 22.3 Å². The number of alkyl halides is 3. The zero-order valence-corrected chi connectivity index (χ0v) is 29.7. The van der Waals surface area contributed by atoms with E-state index in [1.54, 1.807) is 26.0 Å². The first-order valence-electron chi connectivity index (χ1n) is 16.6. The van der Waals surface area contributed by atoms with Crippen molar-refractivity contribution < 1.29 is 31.9 Å². The molecule has 9 heteroatoms. The fourth-order valence-electron chi connectivity index (χ4n) is 5.78. The van der Waals surface area contributed by atoms with Crippen molar-refractivity contribution in [2.75, 3.05) is 13.1 Å². The number of fused-ring (bicyclic) bond motifs is 1. The lowest BCUT2D eigenvalue weighted by molar-refractivity contribution is -0.154. The van der Waals surface area contributed by atoms with Gasteiger partial charge in [0, 0.05) is 25.7 Å². The third-order valence-corrected chi connectivity index (χ3v) is 8.17. The second-order valence-corrected chi connectivity index (χ2v) is 13.9. The predicted octanol–water partition coefficient (Wildman–Crippen LogP) is 10.4. The standard InChI is InChI=1S/C40H46F3NO5/c1-23(2)20-44(21-24(3)4)22-32-33(47-35(45)17-12-29-10-13-30(14-11-29)25(5)6)16-15-31-36(46)38(39(40(41,42)43)49-37(31)32)48-34-19-26(7)18-27(8)28(34)9/h10-19,23-25H,20-22H2,1-9H3. The highest BCUT2D eigenvalue weighted by Gasteiger charge is 2.41. The zero-order valence-electron chi connectivity index (χ0n) is 29.7. The third kappa shape index (κ3) is 9.41. The number of ether oxygens (including phenoxy) is 2. The van der Waals surface area contributed by atoms with Gasteiger partial charge in [-0.25, -0.2) is 4.79 Å². The van der Waals surface area contributed by atoms with Crippen molar-refractivity contribution >= 4 is 23.0 Å². The molecule has 0 saturated heterocycles. The van der Waals surface area contributed by atoms with Crippen LogP contribution in [0.25, 0.3) is 17.0 Å². The van der Waals surface area contributed by atoms with Gasteiger partial charge in [0.2, 0.25) is 11.2 Å². The van der Waals surface area contributed by atoms with Crippen molar-refractivity contribution in [3.05, 3.63) is 104 Å². The lowest BCUT2D eigenvalue weighted by Gasteiger charge is -2.27. The van der Waals surface area contributed by atoms with E-state index in [9.17, 15) is 22.8 Å². The maximum absolute atomic E-state index is 14.7. The quantitative estimate of drug-likeness (QED) is 0.0845. The summed E-state index contributed by atoms with van der Waals surface area (Å²) < 4.78 is 61.2. The van der Waals surface area contributed by atoms with Gasteiger partial charge in [0.05, 0.1) is 10.9 Å². The molecular formula is C40H46F3NO5. The number of hydrogen-bond donors (Lipinski definition) is 0. The minimum absolute atomic E-state index is 0.00455. The molecule has 0 saturated carbocycles. The molecule has 0 spiro atoms. The number of benzene rings is 3. The summed E-state index contributed by atoms with van der Waals surface area (Å²) in [6.45, 7) is 18.9. The van der Waals surface area contributed by atoms with Crippen LogP contribution in [0.5, 0.6) is 17.2 Å². The summed E-state index contributed by atoms with van der Waals surface area (Å²) in [5.41, 5.74) is 3.00. The Kier molecular flexibility index (Phi) is 11.8. The van der Waals surface area contributed by atoms with Crippen molar-refractivity contribution in [3.63, 3.8) is 0 Å². The molecule has 0 aliphatic heterocycles. The number of halogens is 3. The summed E-state index contributed by atoms with van der Waals surface area (Å²) in [5.74, 6) is -2.29. The van der Waals surface area contributed by atoms with Crippen molar-refractivity contribution in [2.24, 2.45) is 11.8 Å². The van der Waals surface area contributed by atoms with Gasteiger partial charge in [-0.2, -0.15) is 13.2 Å². The molecule has 1 aromatic heterocycles. The van der Waals surface area contributed by atoms with Gasteiger partial charge in [-0.1, -0.05) is 71.9 Å². The molecule has 0 atom stereocenters. The van der Waals surface area contributed by atoms with E-state index in [2.05, 4.69) is 18.7 Å². The van der Waals surface area contributed by atoms with Gasteiger partial charge in [-0.15, -0.1) is 0 Å². The monoisotopic (exact) mass is 677 g/mol. The van der Waals surface area contributed by atoms with E-state index in [-0.39, 0.29) is 46.4 Å². The van der Waals surface area contributed by atoms with Crippen LogP contribution in [0.1, 0.15) is 86.6 Å². The van der Waals surface area contributed by atoms with E-state index < -0.39 is 29.1 Å². The van der Waals surface area contributed by atoms with Crippen LogP contribution in [0.4, 0.5) is 13.2 Å². The molecule has 0 aliphatic carbocycles. The van der Waals surface area contributed by atoms with E-state index in [1.165, 1.54) is 18.2 Å². The topological polar surface area (TPSA) is 69.0 Å². The van der Waals surface area contributed by atoms with E-state index in [0.29, 0.717) is 24.6 Å². The summed E-state index contributed by atoms with van der Waals surface area (Å²) in [6.07, 6.45) is -2.20. The lowest BCUT2D eigenvalue weighted by atomic mass is 10.0. The minimum atomic E-state index is -5.07. The Morgan fingerprint density at radius 3 is 2.10 bits per heavy atom. The summed E-state index contributed by atoms with van der Waals surface area (Å²) in [7, 11) is 0. The van der Waals surface area contributed by atoms with Crippen molar-refractivity contribution in [2.45, 2.75) is 81.0 Å². The van der Waals surface area contributed by atoms with E-state index >= 15 is 0 Å². The summed E-state index contributed by atoms with van der Waals surface area (Å²) >= 11 is 0. The Labute approximate surface area is 286 Å². The average molecular weight is 678 g/mol. The molecule has 49 heavy (non-hydrogen) atoms. The van der Waals surface area contributed by atoms with Crippen molar-refractivity contribution in [1.82, 2.24) is 4.90 Å². The molecule has 3 aromatic carbocycles. The minimum Gasteiger partial charge on any atom is -0.449 e. The number of carbonyl (C=O) groups is 1. The van der Waals surface area contributed by atoms with Gasteiger partial charge < -0.3 is 13.9 Å². The number of esters is 1. The summed E-state index contributed by atoms with van der Waals surface area (Å²) in [5, 5.41) is -0.116. The zero-order chi connectivity index (χ0) is 36.2. The third-order valence-electron chi connectivity index (χ3n) is 8.17. The van der Waals surface area contributed by atoms with Crippen LogP contribution < -0.4 is 14.9 Å². The van der Waals surface area contributed by atoms with E-state index in [1.807, 2.05) is 65.0 Å². The molecule has 0 fully saturated rings. The molecule has 0 unspecified atom stereocenters. The molecular weight excluding hydrogens is 631 g/mol. The second-order valence-electron chi connectivity index (χ2n) is 13.9. The molecule has 4 rings (SSSR count). The smallest absolute Gasteiger partial charge is 0.449 e. The first kappa shape index (κ1) is 37.4. The highest BCUT2D eigenvalue weighted by molar-refractivity contribution is 5.90. The fourth-order valence-corrected chi connectivity index (χ4v) is 5.78. The number of aryl methyl sites for hydroxylation is 2. The second kappa shape index (κ2) is 15.5. The first-order valence-corrected chi connectivity index (χ1v) is 16.6. The van der Waals surface area contributed by atoms with Gasteiger partial charge in [0.15, 0.2) is 0 Å². The Morgan fingerprint density at radius 1 is 0.898 bits per heavy atom. The van der Waals surface area contributed by atoms with Crippen molar-refractivity contribution in [1.29, 1.82) is 0 Å². The molecule has 6 nitrogen and oxygen atoms in total. The van der Waals surface area contributed by atoms with Crippen LogP contribution in [-0.2, 0) is 17.5 Å².